The van der Waals surface area contributed by atoms with Gasteiger partial charge in [0.2, 0.25) is 0 Å². The summed E-state index contributed by atoms with van der Waals surface area (Å²) in [6.07, 6.45) is 5.83. The topological polar surface area (TPSA) is 38.3 Å². The molecule has 0 amide bonds. The van der Waals surface area contributed by atoms with E-state index in [1.807, 2.05) is 36.9 Å². The molecule has 1 spiro atoms. The Hall–Kier alpha value is -0.680. The lowest BCUT2D eigenvalue weighted by atomic mass is 9.74. The number of thioether (sulfide) groups is 1. The van der Waals surface area contributed by atoms with Crippen LogP contribution in [0.5, 0.6) is 5.75 Å². The van der Waals surface area contributed by atoms with Gasteiger partial charge >= 0.3 is 0 Å². The number of nitrogens with zero attached hydrogens (tertiary/aromatic N) is 1. The smallest absolute Gasteiger partial charge is 0.138 e. The second-order valence-corrected chi connectivity index (χ2v) is 9.56. The van der Waals surface area contributed by atoms with Gasteiger partial charge in [-0.05, 0) is 62.1 Å². The maximum absolute atomic E-state index is 7.09. The average Bonchev–Trinajstić information content (AvgIpc) is 3.48. The van der Waals surface area contributed by atoms with Crippen molar-refractivity contribution in [1.29, 1.82) is 0 Å². The number of benzene rings is 1. The van der Waals surface area contributed by atoms with Crippen molar-refractivity contribution in [2.24, 2.45) is 17.6 Å². The van der Waals surface area contributed by atoms with Crippen LogP contribution in [0.15, 0.2) is 29.7 Å². The lowest BCUT2D eigenvalue weighted by Gasteiger charge is -2.39. The first-order valence-corrected chi connectivity index (χ1v) is 11.0. The van der Waals surface area contributed by atoms with Crippen molar-refractivity contribution in [3.63, 3.8) is 0 Å². The first-order chi connectivity index (χ1) is 12.4. The van der Waals surface area contributed by atoms with Crippen molar-refractivity contribution in [2.45, 2.75) is 50.2 Å². The third-order valence-electron chi connectivity index (χ3n) is 6.77. The molecule has 0 bridgehead atoms. The zero-order valence-corrected chi connectivity index (χ0v) is 17.4. The SMILES string of the molecule is CC/C=C\SCC1CC2CC23C(N3C)C1(N)COc1cccc(C)c1Cl. The van der Waals surface area contributed by atoms with Gasteiger partial charge in [0.05, 0.1) is 16.6 Å². The molecule has 3 aliphatic rings. The molecule has 3 fully saturated rings. The van der Waals surface area contributed by atoms with E-state index in [0.717, 1.165) is 29.4 Å². The first-order valence-electron chi connectivity index (χ1n) is 9.61. The number of halogens is 1. The highest BCUT2D eigenvalue weighted by Crippen LogP contribution is 2.72. The summed E-state index contributed by atoms with van der Waals surface area (Å²) in [5.41, 5.74) is 8.20. The largest absolute Gasteiger partial charge is 0.490 e. The number of allylic oxidation sites excluding steroid dienone is 1. The number of nitrogens with two attached hydrogens (primary N) is 1. The minimum absolute atomic E-state index is 0.318. The van der Waals surface area contributed by atoms with Gasteiger partial charge in [-0.25, -0.2) is 0 Å². The van der Waals surface area contributed by atoms with E-state index >= 15 is 0 Å². The standard InChI is InChI=1S/C21H29ClN2OS/c1-4-5-9-26-12-16-10-15-11-21(15)19(24(21)3)20(16,23)13-25-17-8-6-7-14(2)18(17)22/h5-9,15-16,19H,4,10-13,23H2,1-3H3/b9-5-. The maximum atomic E-state index is 7.09. The molecule has 6 unspecified atom stereocenters. The van der Waals surface area contributed by atoms with E-state index in [1.165, 1.54) is 12.8 Å². The number of likely N-dealkylation sites (tertiary alicyclic amines) is 1. The molecule has 6 atom stereocenters. The van der Waals surface area contributed by atoms with Crippen molar-refractivity contribution >= 4 is 23.4 Å². The summed E-state index contributed by atoms with van der Waals surface area (Å²) >= 11 is 8.33. The number of aryl methyl sites for hydroxylation is 1. The number of likely N-dealkylation sites (N-methyl/N-ethyl adjacent to an activating group) is 1. The Morgan fingerprint density at radius 2 is 2.27 bits per heavy atom. The van der Waals surface area contributed by atoms with Crippen molar-refractivity contribution in [3.8, 4) is 5.75 Å². The van der Waals surface area contributed by atoms with Crippen LogP contribution in [0.3, 0.4) is 0 Å². The minimum atomic E-state index is -0.318. The van der Waals surface area contributed by atoms with Gasteiger partial charge in [0.25, 0.3) is 0 Å². The van der Waals surface area contributed by atoms with Crippen molar-refractivity contribution in [1.82, 2.24) is 4.90 Å². The van der Waals surface area contributed by atoms with Crippen LogP contribution in [-0.4, -0.2) is 41.4 Å². The predicted octanol–water partition coefficient (Wildman–Crippen LogP) is 4.47. The quantitative estimate of drug-likeness (QED) is 0.694. The first kappa shape index (κ1) is 18.7. The summed E-state index contributed by atoms with van der Waals surface area (Å²) in [5, 5.41) is 2.93. The highest BCUT2D eigenvalue weighted by molar-refractivity contribution is 8.02. The van der Waals surface area contributed by atoms with Gasteiger partial charge in [-0.15, -0.1) is 11.8 Å². The molecule has 1 aromatic rings. The van der Waals surface area contributed by atoms with Gasteiger partial charge in [-0.1, -0.05) is 36.7 Å². The molecule has 1 aliphatic heterocycles. The molecule has 142 valence electrons. The Kier molecular flexibility index (Phi) is 4.84. The lowest BCUT2D eigenvalue weighted by molar-refractivity contribution is 0.135. The van der Waals surface area contributed by atoms with Crippen LogP contribution in [-0.2, 0) is 0 Å². The van der Waals surface area contributed by atoms with Crippen molar-refractivity contribution < 1.29 is 4.74 Å². The van der Waals surface area contributed by atoms with Crippen LogP contribution in [0, 0.1) is 18.8 Å². The Balaban J connectivity index is 1.51. The number of rotatable bonds is 7. The Morgan fingerprint density at radius 1 is 1.46 bits per heavy atom. The van der Waals surface area contributed by atoms with E-state index in [9.17, 15) is 0 Å². The highest BCUT2D eigenvalue weighted by atomic mass is 35.5. The summed E-state index contributed by atoms with van der Waals surface area (Å²) in [4.78, 5) is 2.51. The summed E-state index contributed by atoms with van der Waals surface area (Å²) in [7, 11) is 2.23. The zero-order chi connectivity index (χ0) is 18.5. The number of hydrogen-bond acceptors (Lipinski definition) is 4. The minimum Gasteiger partial charge on any atom is -0.490 e. The summed E-state index contributed by atoms with van der Waals surface area (Å²) in [6.45, 7) is 4.70. The van der Waals surface area contributed by atoms with Gasteiger partial charge in [0, 0.05) is 11.3 Å². The molecule has 0 radical (unpaired) electrons. The normalized spacial score (nSPS) is 40.2. The van der Waals surface area contributed by atoms with Crippen LogP contribution in [0.25, 0.3) is 0 Å². The van der Waals surface area contributed by atoms with E-state index in [4.69, 9.17) is 22.1 Å². The monoisotopic (exact) mass is 392 g/mol. The number of ether oxygens (including phenoxy) is 1. The van der Waals surface area contributed by atoms with Crippen LogP contribution in [0.1, 0.15) is 31.7 Å². The summed E-state index contributed by atoms with van der Waals surface area (Å²) < 4.78 is 6.22. The second kappa shape index (κ2) is 6.73. The molecule has 2 saturated carbocycles. The maximum Gasteiger partial charge on any atom is 0.138 e. The molecule has 2 N–H and O–H groups in total. The van der Waals surface area contributed by atoms with E-state index < -0.39 is 0 Å². The van der Waals surface area contributed by atoms with E-state index in [0.29, 0.717) is 29.1 Å². The second-order valence-electron chi connectivity index (χ2n) is 8.24. The van der Waals surface area contributed by atoms with Gasteiger partial charge in [0.15, 0.2) is 0 Å². The zero-order valence-electron chi connectivity index (χ0n) is 15.9. The highest BCUT2D eigenvalue weighted by Gasteiger charge is 2.83. The Morgan fingerprint density at radius 3 is 3.04 bits per heavy atom. The van der Waals surface area contributed by atoms with Gasteiger partial charge in [0.1, 0.15) is 12.4 Å². The Bertz CT molecular complexity index is 726. The van der Waals surface area contributed by atoms with Crippen LogP contribution < -0.4 is 10.5 Å². The molecule has 2 aliphatic carbocycles. The fourth-order valence-electron chi connectivity index (χ4n) is 5.18. The van der Waals surface area contributed by atoms with Gasteiger partial charge < -0.3 is 10.5 Å². The molecular weight excluding hydrogens is 364 g/mol. The third kappa shape index (κ3) is 2.81. The van der Waals surface area contributed by atoms with Gasteiger partial charge in [-0.2, -0.15) is 0 Å². The lowest BCUT2D eigenvalue weighted by Crippen LogP contribution is -2.60. The van der Waals surface area contributed by atoms with E-state index in [-0.39, 0.29) is 5.54 Å². The average molecular weight is 393 g/mol. The summed E-state index contributed by atoms with van der Waals surface area (Å²) in [6, 6.07) is 6.39. The molecule has 5 heteroatoms. The molecule has 0 aromatic heterocycles. The van der Waals surface area contributed by atoms with E-state index in [2.05, 4.69) is 30.4 Å². The molecule has 26 heavy (non-hydrogen) atoms. The predicted molar refractivity (Wildman–Crippen MR) is 111 cm³/mol. The fourth-order valence-corrected chi connectivity index (χ4v) is 6.48. The Labute approximate surface area is 166 Å². The third-order valence-corrected chi connectivity index (χ3v) is 8.23. The molecular formula is C21H29ClN2OS. The van der Waals surface area contributed by atoms with Crippen LogP contribution >= 0.6 is 23.4 Å². The van der Waals surface area contributed by atoms with E-state index in [1.54, 1.807) is 0 Å². The molecule has 1 heterocycles. The molecule has 4 rings (SSSR count). The fraction of sp³-hybridized carbons (Fsp3) is 0.619. The van der Waals surface area contributed by atoms with Crippen molar-refractivity contribution in [3.05, 3.63) is 40.3 Å². The van der Waals surface area contributed by atoms with Crippen LogP contribution in [0.4, 0.5) is 0 Å². The molecule has 1 saturated heterocycles. The van der Waals surface area contributed by atoms with Crippen molar-refractivity contribution in [2.75, 3.05) is 19.4 Å². The number of hydrogen-bond donors (Lipinski definition) is 1. The van der Waals surface area contributed by atoms with Gasteiger partial charge in [-0.3, -0.25) is 4.90 Å². The molecule has 3 nitrogen and oxygen atoms in total. The van der Waals surface area contributed by atoms with Crippen LogP contribution in [0.2, 0.25) is 5.02 Å². The molecule has 1 aromatic carbocycles. The summed E-state index contributed by atoms with van der Waals surface area (Å²) in [5.74, 6) is 3.11.